The lowest BCUT2D eigenvalue weighted by atomic mass is 9.92. The Morgan fingerprint density at radius 3 is 2.23 bits per heavy atom. The third kappa shape index (κ3) is 3.70. The Hall–Kier alpha value is -3.86. The van der Waals surface area contributed by atoms with Crippen molar-refractivity contribution in [3.05, 3.63) is 101 Å². The number of hydrogen-bond donors (Lipinski definition) is 1. The molecule has 0 bridgehead atoms. The zero-order valence-electron chi connectivity index (χ0n) is 17.4. The quantitative estimate of drug-likeness (QED) is 0.362. The van der Waals surface area contributed by atoms with Gasteiger partial charge in [-0.3, -0.25) is 14.5 Å². The average molecular weight is 413 g/mol. The van der Waals surface area contributed by atoms with E-state index in [1.165, 1.54) is 4.90 Å². The minimum absolute atomic E-state index is 0.0762. The maximum atomic E-state index is 13.1. The lowest BCUT2D eigenvalue weighted by molar-refractivity contribution is -0.132. The van der Waals surface area contributed by atoms with E-state index >= 15 is 0 Å². The van der Waals surface area contributed by atoms with Gasteiger partial charge in [0.25, 0.3) is 11.7 Å². The summed E-state index contributed by atoms with van der Waals surface area (Å²) in [4.78, 5) is 27.7. The Labute approximate surface area is 181 Å². The van der Waals surface area contributed by atoms with Crippen LogP contribution >= 0.6 is 0 Å². The van der Waals surface area contributed by atoms with Crippen molar-refractivity contribution in [3.63, 3.8) is 0 Å². The molecule has 1 aliphatic rings. The van der Waals surface area contributed by atoms with Gasteiger partial charge in [-0.05, 0) is 61.4 Å². The number of nitrogens with zero attached hydrogens (tertiary/aromatic N) is 1. The van der Waals surface area contributed by atoms with Crippen molar-refractivity contribution in [2.75, 3.05) is 11.5 Å². The number of aryl methyl sites for hydroxylation is 1. The smallest absolute Gasteiger partial charge is 0.300 e. The molecule has 0 saturated carbocycles. The van der Waals surface area contributed by atoms with E-state index in [0.717, 1.165) is 11.1 Å². The molecule has 5 heteroatoms. The van der Waals surface area contributed by atoms with Gasteiger partial charge in [0.05, 0.1) is 18.2 Å². The van der Waals surface area contributed by atoms with Crippen LogP contribution in [0.5, 0.6) is 5.75 Å². The molecule has 1 heterocycles. The van der Waals surface area contributed by atoms with Gasteiger partial charge >= 0.3 is 0 Å². The number of ketones is 1. The van der Waals surface area contributed by atoms with Crippen LogP contribution in [0.15, 0.2) is 84.4 Å². The van der Waals surface area contributed by atoms with E-state index in [1.54, 1.807) is 36.4 Å². The molecule has 1 amide bonds. The van der Waals surface area contributed by atoms with Crippen molar-refractivity contribution in [3.8, 4) is 5.75 Å². The molecule has 4 rings (SSSR count). The largest absolute Gasteiger partial charge is 0.507 e. The van der Waals surface area contributed by atoms with Crippen LogP contribution in [0.25, 0.3) is 5.76 Å². The average Bonchev–Trinajstić information content (AvgIpc) is 3.05. The van der Waals surface area contributed by atoms with E-state index in [2.05, 4.69) is 0 Å². The predicted molar refractivity (Wildman–Crippen MR) is 120 cm³/mol. The summed E-state index contributed by atoms with van der Waals surface area (Å²) in [6.07, 6.45) is 0. The molecule has 1 saturated heterocycles. The first-order valence-corrected chi connectivity index (χ1v) is 10.2. The molecule has 156 valence electrons. The van der Waals surface area contributed by atoms with E-state index in [4.69, 9.17) is 4.74 Å². The number of hydrogen-bond acceptors (Lipinski definition) is 4. The first-order valence-electron chi connectivity index (χ1n) is 10.2. The summed E-state index contributed by atoms with van der Waals surface area (Å²) in [6.45, 7) is 4.35. The van der Waals surface area contributed by atoms with E-state index in [1.807, 2.05) is 56.3 Å². The van der Waals surface area contributed by atoms with Gasteiger partial charge in [-0.15, -0.1) is 0 Å². The number of aliphatic hydroxyl groups is 1. The molecule has 5 nitrogen and oxygen atoms in total. The van der Waals surface area contributed by atoms with Gasteiger partial charge < -0.3 is 9.84 Å². The van der Waals surface area contributed by atoms with Crippen molar-refractivity contribution in [2.45, 2.75) is 19.9 Å². The molecule has 0 aromatic heterocycles. The number of rotatable bonds is 5. The third-order valence-corrected chi connectivity index (χ3v) is 5.40. The second-order valence-corrected chi connectivity index (χ2v) is 7.32. The molecule has 31 heavy (non-hydrogen) atoms. The normalized spacial score (nSPS) is 17.7. The minimum Gasteiger partial charge on any atom is -0.507 e. The molecule has 0 aliphatic carbocycles. The lowest BCUT2D eigenvalue weighted by Crippen LogP contribution is -2.29. The number of para-hydroxylation sites is 1. The zero-order chi connectivity index (χ0) is 22.0. The summed E-state index contributed by atoms with van der Waals surface area (Å²) in [5, 5.41) is 11.2. The second-order valence-electron chi connectivity index (χ2n) is 7.32. The number of aliphatic hydroxyl groups excluding tert-OH is 1. The summed E-state index contributed by atoms with van der Waals surface area (Å²) in [7, 11) is 0. The van der Waals surface area contributed by atoms with E-state index < -0.39 is 17.7 Å². The molecule has 1 unspecified atom stereocenters. The van der Waals surface area contributed by atoms with Crippen molar-refractivity contribution in [2.24, 2.45) is 0 Å². The molecular weight excluding hydrogens is 390 g/mol. The monoisotopic (exact) mass is 413 g/mol. The Morgan fingerprint density at radius 2 is 1.58 bits per heavy atom. The van der Waals surface area contributed by atoms with Gasteiger partial charge in [0.1, 0.15) is 11.5 Å². The standard InChI is InChI=1S/C26H23NO4/c1-3-31-20-15-13-18(14-16-20)24(28)22-23(21-12-8-7-9-17(21)2)27(26(30)25(22)29)19-10-5-4-6-11-19/h4-16,23,28H,3H2,1-2H3/b24-22-. The van der Waals surface area contributed by atoms with Crippen LogP contribution in [-0.4, -0.2) is 23.4 Å². The number of ether oxygens (including phenoxy) is 1. The summed E-state index contributed by atoms with van der Waals surface area (Å²) in [6, 6.07) is 22.7. The molecule has 1 N–H and O–H groups in total. The fraction of sp³-hybridized carbons (Fsp3) is 0.154. The minimum atomic E-state index is -0.727. The predicted octanol–water partition coefficient (Wildman–Crippen LogP) is 5.02. The molecule has 1 fully saturated rings. The molecule has 1 aliphatic heterocycles. The van der Waals surface area contributed by atoms with Crippen LogP contribution in [0.1, 0.15) is 29.7 Å². The van der Waals surface area contributed by atoms with Crippen LogP contribution in [0.3, 0.4) is 0 Å². The fourth-order valence-electron chi connectivity index (χ4n) is 3.91. The maximum Gasteiger partial charge on any atom is 0.300 e. The Balaban J connectivity index is 1.90. The van der Waals surface area contributed by atoms with Crippen LogP contribution in [0.2, 0.25) is 0 Å². The van der Waals surface area contributed by atoms with E-state index in [-0.39, 0.29) is 11.3 Å². The zero-order valence-corrected chi connectivity index (χ0v) is 17.4. The summed E-state index contributed by atoms with van der Waals surface area (Å²) in [5.74, 6) is -0.900. The van der Waals surface area contributed by atoms with Crippen LogP contribution in [0.4, 0.5) is 5.69 Å². The first kappa shape index (κ1) is 20.4. The molecule has 0 spiro atoms. The Morgan fingerprint density at radius 1 is 0.935 bits per heavy atom. The highest BCUT2D eigenvalue weighted by molar-refractivity contribution is 6.51. The van der Waals surface area contributed by atoms with Gasteiger partial charge in [0.2, 0.25) is 0 Å². The van der Waals surface area contributed by atoms with Crippen molar-refractivity contribution in [1.29, 1.82) is 0 Å². The molecule has 3 aromatic carbocycles. The molecular formula is C26H23NO4. The highest BCUT2D eigenvalue weighted by atomic mass is 16.5. The number of carbonyl (C=O) groups is 2. The summed E-state index contributed by atoms with van der Waals surface area (Å²) < 4.78 is 5.46. The van der Waals surface area contributed by atoms with E-state index in [0.29, 0.717) is 23.6 Å². The van der Waals surface area contributed by atoms with Gasteiger partial charge in [-0.25, -0.2) is 0 Å². The maximum absolute atomic E-state index is 13.1. The number of Topliss-reactive ketones (excluding diaryl/α,β-unsaturated/α-hetero) is 1. The number of carbonyl (C=O) groups excluding carboxylic acids is 2. The highest BCUT2D eigenvalue weighted by Crippen LogP contribution is 2.43. The first-order chi connectivity index (χ1) is 15.0. The number of anilines is 1. The van der Waals surface area contributed by atoms with Crippen LogP contribution < -0.4 is 9.64 Å². The van der Waals surface area contributed by atoms with E-state index in [9.17, 15) is 14.7 Å². The van der Waals surface area contributed by atoms with Gasteiger partial charge in [-0.2, -0.15) is 0 Å². The number of benzene rings is 3. The van der Waals surface area contributed by atoms with Gasteiger partial charge in [0, 0.05) is 11.3 Å². The highest BCUT2D eigenvalue weighted by Gasteiger charge is 2.47. The second kappa shape index (κ2) is 8.48. The van der Waals surface area contributed by atoms with Gasteiger partial charge in [-0.1, -0.05) is 42.5 Å². The van der Waals surface area contributed by atoms with Crippen molar-refractivity contribution in [1.82, 2.24) is 0 Å². The molecule has 1 atom stereocenters. The Bertz CT molecular complexity index is 1150. The summed E-state index contributed by atoms with van der Waals surface area (Å²) in [5.41, 5.74) is 2.84. The molecule has 3 aromatic rings. The fourth-order valence-corrected chi connectivity index (χ4v) is 3.91. The SMILES string of the molecule is CCOc1ccc(/C(O)=C2/C(=O)C(=O)N(c3ccccc3)C2c2ccccc2C)cc1. The van der Waals surface area contributed by atoms with Crippen molar-refractivity contribution >= 4 is 23.1 Å². The Kier molecular flexibility index (Phi) is 5.58. The van der Waals surface area contributed by atoms with Crippen molar-refractivity contribution < 1.29 is 19.4 Å². The van der Waals surface area contributed by atoms with Crippen LogP contribution in [-0.2, 0) is 9.59 Å². The lowest BCUT2D eigenvalue weighted by Gasteiger charge is -2.26. The summed E-state index contributed by atoms with van der Waals surface area (Å²) >= 11 is 0. The topological polar surface area (TPSA) is 66.8 Å². The number of amides is 1. The third-order valence-electron chi connectivity index (χ3n) is 5.40. The van der Waals surface area contributed by atoms with Crippen LogP contribution in [0, 0.1) is 6.92 Å². The molecule has 0 radical (unpaired) electrons. The van der Waals surface area contributed by atoms with Gasteiger partial charge in [0.15, 0.2) is 0 Å².